The predicted molar refractivity (Wildman–Crippen MR) is 118 cm³/mol. The van der Waals surface area contributed by atoms with Crippen LogP contribution in [0.4, 0.5) is 0 Å². The summed E-state index contributed by atoms with van der Waals surface area (Å²) in [6.07, 6.45) is 12.1. The fourth-order valence-electron chi connectivity index (χ4n) is 6.06. The monoisotopic (exact) mass is 487 g/mol. The van der Waals surface area contributed by atoms with Crippen LogP contribution < -0.4 is 10.6 Å². The molecule has 4 bridgehead atoms. The molecular formula is C20H34IN5O. The summed E-state index contributed by atoms with van der Waals surface area (Å²) in [5, 5.41) is 21.8. The molecule has 27 heavy (non-hydrogen) atoms. The van der Waals surface area contributed by atoms with Crippen molar-refractivity contribution in [3.63, 3.8) is 0 Å². The van der Waals surface area contributed by atoms with Crippen molar-refractivity contribution in [1.29, 1.82) is 0 Å². The zero-order valence-electron chi connectivity index (χ0n) is 16.7. The quantitative estimate of drug-likeness (QED) is 0.339. The third-order valence-electron chi connectivity index (χ3n) is 6.95. The average Bonchev–Trinajstić information content (AvgIpc) is 3.01. The lowest BCUT2D eigenvalue weighted by Crippen LogP contribution is -2.53. The molecule has 1 unspecified atom stereocenters. The zero-order chi connectivity index (χ0) is 18.4. The summed E-state index contributed by atoms with van der Waals surface area (Å²) in [7, 11) is 3.66. The maximum atomic E-state index is 10.7. The molecule has 0 aromatic carbocycles. The highest BCUT2D eigenvalue weighted by molar-refractivity contribution is 14.0. The van der Waals surface area contributed by atoms with Crippen LogP contribution in [-0.2, 0) is 12.6 Å². The predicted octanol–water partition coefficient (Wildman–Crippen LogP) is 2.63. The molecule has 6 nitrogen and oxygen atoms in total. The van der Waals surface area contributed by atoms with Gasteiger partial charge in [0, 0.05) is 32.4 Å². The Bertz CT molecular complexity index is 648. The number of nitrogens with one attached hydrogen (secondary N) is 2. The largest absolute Gasteiger partial charge is 0.383 e. The van der Waals surface area contributed by atoms with Gasteiger partial charge in [-0.15, -0.1) is 24.0 Å². The Morgan fingerprint density at radius 1 is 1.26 bits per heavy atom. The average molecular weight is 487 g/mol. The van der Waals surface area contributed by atoms with Crippen molar-refractivity contribution in [3.8, 4) is 0 Å². The summed E-state index contributed by atoms with van der Waals surface area (Å²) in [6, 6.07) is 0. The second-order valence-corrected chi connectivity index (χ2v) is 9.37. The van der Waals surface area contributed by atoms with Crippen molar-refractivity contribution in [2.24, 2.45) is 35.2 Å². The van der Waals surface area contributed by atoms with Crippen LogP contribution in [0.25, 0.3) is 0 Å². The van der Waals surface area contributed by atoms with Gasteiger partial charge in [-0.3, -0.25) is 9.67 Å². The smallest absolute Gasteiger partial charge is 0.191 e. The van der Waals surface area contributed by atoms with E-state index < -0.39 is 5.60 Å². The van der Waals surface area contributed by atoms with Crippen molar-refractivity contribution in [2.75, 3.05) is 20.1 Å². The summed E-state index contributed by atoms with van der Waals surface area (Å²) in [4.78, 5) is 4.37. The third-order valence-corrected chi connectivity index (χ3v) is 6.95. The highest BCUT2D eigenvalue weighted by atomic mass is 127. The van der Waals surface area contributed by atoms with Gasteiger partial charge in [0.2, 0.25) is 0 Å². The number of aryl methyl sites for hydroxylation is 1. The summed E-state index contributed by atoms with van der Waals surface area (Å²) >= 11 is 0. The molecule has 4 saturated carbocycles. The number of rotatable bonds is 5. The first kappa shape index (κ1) is 20.9. The maximum absolute atomic E-state index is 10.7. The van der Waals surface area contributed by atoms with Gasteiger partial charge in [0.05, 0.1) is 12.7 Å². The minimum absolute atomic E-state index is 0. The Labute approximate surface area is 179 Å². The molecule has 1 aromatic heterocycles. The van der Waals surface area contributed by atoms with Gasteiger partial charge in [-0.1, -0.05) is 0 Å². The van der Waals surface area contributed by atoms with Gasteiger partial charge >= 0.3 is 0 Å². The lowest BCUT2D eigenvalue weighted by molar-refractivity contribution is -0.0492. The molecule has 0 radical (unpaired) electrons. The molecule has 0 saturated heterocycles. The van der Waals surface area contributed by atoms with E-state index in [1.54, 1.807) is 17.9 Å². The lowest BCUT2D eigenvalue weighted by atomic mass is 9.49. The standard InChI is InChI=1S/C20H33N5O.HI/c1-19(26,17-10-24-25(3)11-17)12-22-18(21-2)23-13-20-7-14-4-15(8-20)6-16(5-14)9-20;/h10-11,14-16,26H,4-9,12-13H2,1-3H3,(H2,21,22,23);1H. The fraction of sp³-hybridized carbons (Fsp3) is 0.800. The first-order valence-electron chi connectivity index (χ1n) is 10.0. The van der Waals surface area contributed by atoms with Crippen LogP contribution in [0.5, 0.6) is 0 Å². The summed E-state index contributed by atoms with van der Waals surface area (Å²) < 4.78 is 1.71. The number of hydrogen-bond donors (Lipinski definition) is 3. The first-order valence-corrected chi connectivity index (χ1v) is 10.0. The fourth-order valence-corrected chi connectivity index (χ4v) is 6.06. The molecular weight excluding hydrogens is 453 g/mol. The molecule has 5 rings (SSSR count). The minimum Gasteiger partial charge on any atom is -0.383 e. The van der Waals surface area contributed by atoms with Crippen molar-refractivity contribution in [3.05, 3.63) is 18.0 Å². The van der Waals surface area contributed by atoms with E-state index in [4.69, 9.17) is 0 Å². The zero-order valence-corrected chi connectivity index (χ0v) is 19.1. The molecule has 152 valence electrons. The van der Waals surface area contributed by atoms with Gasteiger partial charge in [-0.05, 0) is 68.6 Å². The van der Waals surface area contributed by atoms with Crippen molar-refractivity contribution in [2.45, 2.75) is 51.0 Å². The summed E-state index contributed by atoms with van der Waals surface area (Å²) in [5.41, 5.74) is 0.300. The Hall–Kier alpha value is -0.830. The summed E-state index contributed by atoms with van der Waals surface area (Å²) in [5.74, 6) is 3.67. The highest BCUT2D eigenvalue weighted by Crippen LogP contribution is 2.59. The maximum Gasteiger partial charge on any atom is 0.191 e. The van der Waals surface area contributed by atoms with Crippen LogP contribution in [0, 0.1) is 23.2 Å². The van der Waals surface area contributed by atoms with E-state index in [0.29, 0.717) is 12.0 Å². The van der Waals surface area contributed by atoms with Gasteiger partial charge in [-0.2, -0.15) is 5.10 Å². The number of nitrogens with zero attached hydrogens (tertiary/aromatic N) is 3. The normalized spacial score (nSPS) is 34.1. The van der Waals surface area contributed by atoms with Gasteiger partial charge < -0.3 is 15.7 Å². The molecule has 3 N–H and O–H groups in total. The molecule has 4 aliphatic rings. The van der Waals surface area contributed by atoms with E-state index in [9.17, 15) is 5.11 Å². The molecule has 4 fully saturated rings. The molecule has 4 aliphatic carbocycles. The Morgan fingerprint density at radius 3 is 2.33 bits per heavy atom. The topological polar surface area (TPSA) is 74.5 Å². The van der Waals surface area contributed by atoms with E-state index in [2.05, 4.69) is 20.7 Å². The van der Waals surface area contributed by atoms with E-state index in [0.717, 1.165) is 35.8 Å². The van der Waals surface area contributed by atoms with E-state index in [-0.39, 0.29) is 24.0 Å². The summed E-state index contributed by atoms with van der Waals surface area (Å²) in [6.45, 7) is 3.22. The van der Waals surface area contributed by atoms with Crippen molar-refractivity contribution < 1.29 is 5.11 Å². The third kappa shape index (κ3) is 4.44. The molecule has 1 atom stereocenters. The van der Waals surface area contributed by atoms with E-state index >= 15 is 0 Å². The number of aliphatic hydroxyl groups is 1. The van der Waals surface area contributed by atoms with E-state index in [1.165, 1.54) is 38.5 Å². The second-order valence-electron chi connectivity index (χ2n) is 9.37. The molecule has 7 heteroatoms. The molecule has 1 heterocycles. The number of hydrogen-bond acceptors (Lipinski definition) is 3. The Balaban J connectivity index is 0.00000210. The molecule has 1 aromatic rings. The Morgan fingerprint density at radius 2 is 1.85 bits per heavy atom. The van der Waals surface area contributed by atoms with Crippen LogP contribution in [0.3, 0.4) is 0 Å². The number of guanidine groups is 1. The van der Waals surface area contributed by atoms with Crippen LogP contribution >= 0.6 is 24.0 Å². The molecule has 0 spiro atoms. The molecule has 0 amide bonds. The van der Waals surface area contributed by atoms with Crippen LogP contribution in [-0.4, -0.2) is 41.0 Å². The number of aromatic nitrogens is 2. The first-order chi connectivity index (χ1) is 12.4. The lowest BCUT2D eigenvalue weighted by Gasteiger charge is -2.57. The van der Waals surface area contributed by atoms with Gasteiger partial charge in [0.15, 0.2) is 5.96 Å². The van der Waals surface area contributed by atoms with Gasteiger partial charge in [0.25, 0.3) is 0 Å². The van der Waals surface area contributed by atoms with Crippen LogP contribution in [0.2, 0.25) is 0 Å². The van der Waals surface area contributed by atoms with Crippen molar-refractivity contribution in [1.82, 2.24) is 20.4 Å². The highest BCUT2D eigenvalue weighted by Gasteiger charge is 2.50. The minimum atomic E-state index is -0.980. The van der Waals surface area contributed by atoms with Crippen LogP contribution in [0.1, 0.15) is 51.0 Å². The second kappa shape index (κ2) is 7.89. The molecule has 0 aliphatic heterocycles. The van der Waals surface area contributed by atoms with Crippen LogP contribution in [0.15, 0.2) is 17.4 Å². The SMILES string of the molecule is CN=C(NCC12CC3CC(CC(C3)C1)C2)NCC(C)(O)c1cnn(C)c1.I. The van der Waals surface area contributed by atoms with E-state index in [1.807, 2.05) is 20.2 Å². The van der Waals surface area contributed by atoms with Gasteiger partial charge in [-0.25, -0.2) is 0 Å². The number of aliphatic imine (C=N–C) groups is 1. The van der Waals surface area contributed by atoms with Gasteiger partial charge in [0.1, 0.15) is 5.60 Å². The Kier molecular flexibility index (Phi) is 6.11. The number of halogens is 1. The van der Waals surface area contributed by atoms with Crippen molar-refractivity contribution >= 4 is 29.9 Å².